The van der Waals surface area contributed by atoms with Gasteiger partial charge < -0.3 is 5.11 Å². The van der Waals surface area contributed by atoms with Crippen molar-refractivity contribution in [2.45, 2.75) is 66.5 Å². The molecule has 7 rings (SSSR count). The Labute approximate surface area is 301 Å². The summed E-state index contributed by atoms with van der Waals surface area (Å²) in [5.41, 5.74) is 2.03. The first kappa shape index (κ1) is 36.5. The molecule has 0 unspecified atom stereocenters. The van der Waals surface area contributed by atoms with E-state index in [-0.39, 0.29) is 43.5 Å². The van der Waals surface area contributed by atoms with E-state index in [1.807, 2.05) is 52.1 Å². The summed E-state index contributed by atoms with van der Waals surface area (Å²) in [6.07, 6.45) is 6.74. The van der Waals surface area contributed by atoms with Crippen molar-refractivity contribution in [3.8, 4) is 11.3 Å². The molecule has 1 N–H and O–H groups in total. The summed E-state index contributed by atoms with van der Waals surface area (Å²) < 4.78 is 28.8. The minimum absolute atomic E-state index is 0. The van der Waals surface area contributed by atoms with Gasteiger partial charge in [-0.05, 0) is 64.7 Å². The third kappa shape index (κ3) is 6.49. The van der Waals surface area contributed by atoms with Crippen LogP contribution in [0.5, 0.6) is 0 Å². The molecular formula is C42H42F2IrNO2Si-. The number of aromatic nitrogens is 1. The quantitative estimate of drug-likeness (QED) is 0.0572. The monoisotopic (exact) mass is 851 g/mol. The molecule has 6 aromatic rings. The van der Waals surface area contributed by atoms with Crippen molar-refractivity contribution in [1.29, 1.82) is 0 Å². The SMILES string of the molecule is CCC(CC)C(=O)/C=C(\O)C(CC)CC.C[Si]1(C)c2cc3ccccc3[c-]c2-c2nccc3c2c1cc1c2cc(F)cc(F)c2ccc31.[Ir]. The number of pyridine rings is 1. The van der Waals surface area contributed by atoms with Gasteiger partial charge in [-0.3, -0.25) is 9.78 Å². The topological polar surface area (TPSA) is 50.2 Å². The van der Waals surface area contributed by atoms with Crippen LogP contribution < -0.4 is 10.4 Å². The molecule has 1 aliphatic heterocycles. The van der Waals surface area contributed by atoms with Crippen LogP contribution in [0, 0.1) is 29.5 Å². The summed E-state index contributed by atoms with van der Waals surface area (Å²) in [7, 11) is -2.17. The van der Waals surface area contributed by atoms with Crippen LogP contribution in [0.1, 0.15) is 53.4 Å². The van der Waals surface area contributed by atoms with Crippen molar-refractivity contribution < 1.29 is 38.8 Å². The molecule has 7 heteroatoms. The van der Waals surface area contributed by atoms with Crippen molar-refractivity contribution in [3.05, 3.63) is 102 Å². The van der Waals surface area contributed by atoms with E-state index in [1.54, 1.807) is 6.07 Å². The zero-order chi connectivity index (χ0) is 34.3. The Morgan fingerprint density at radius 3 is 2.16 bits per heavy atom. The summed E-state index contributed by atoms with van der Waals surface area (Å²) >= 11 is 0. The largest absolute Gasteiger partial charge is 0.512 e. The van der Waals surface area contributed by atoms with Gasteiger partial charge in [0.1, 0.15) is 11.6 Å². The van der Waals surface area contributed by atoms with Crippen molar-refractivity contribution in [1.82, 2.24) is 4.98 Å². The van der Waals surface area contributed by atoms with Gasteiger partial charge in [0.25, 0.3) is 0 Å². The number of carbonyl (C=O) groups excluding carboxylic acids is 1. The van der Waals surface area contributed by atoms with Crippen molar-refractivity contribution in [2.24, 2.45) is 11.8 Å². The second-order valence-corrected chi connectivity index (χ2v) is 17.7. The van der Waals surface area contributed by atoms with E-state index >= 15 is 0 Å². The number of nitrogens with zero attached hydrogens (tertiary/aromatic N) is 1. The number of hydrogen-bond donors (Lipinski definition) is 1. The Morgan fingerprint density at radius 1 is 0.816 bits per heavy atom. The van der Waals surface area contributed by atoms with E-state index in [0.717, 1.165) is 69.9 Å². The van der Waals surface area contributed by atoms with Crippen LogP contribution in [0.15, 0.2) is 84.8 Å². The number of fused-ring (bicyclic) bond motifs is 7. The summed E-state index contributed by atoms with van der Waals surface area (Å²) in [5, 5.41) is 19.7. The smallest absolute Gasteiger partial charge is 0.162 e. The van der Waals surface area contributed by atoms with Gasteiger partial charge in [0.05, 0.1) is 13.8 Å². The first-order chi connectivity index (χ1) is 23.0. The Hall–Kier alpha value is -3.77. The van der Waals surface area contributed by atoms with Crippen molar-refractivity contribution in [3.63, 3.8) is 0 Å². The third-order valence-corrected chi connectivity index (χ3v) is 13.8. The van der Waals surface area contributed by atoms with Crippen LogP contribution in [0.3, 0.4) is 0 Å². The third-order valence-electron chi connectivity index (χ3n) is 10.3. The maximum Gasteiger partial charge on any atom is 0.162 e. The molecule has 0 spiro atoms. The van der Waals surface area contributed by atoms with E-state index in [1.165, 1.54) is 27.9 Å². The molecule has 0 saturated carbocycles. The number of halogens is 2. The van der Waals surface area contributed by atoms with E-state index in [9.17, 15) is 18.7 Å². The maximum absolute atomic E-state index is 14.6. The minimum Gasteiger partial charge on any atom is -0.512 e. The Kier molecular flexibility index (Phi) is 10.9. The minimum atomic E-state index is -2.17. The number of hydrogen-bond acceptors (Lipinski definition) is 3. The number of rotatable bonds is 7. The fourth-order valence-corrected chi connectivity index (χ4v) is 10.4. The molecule has 0 saturated heterocycles. The summed E-state index contributed by atoms with van der Waals surface area (Å²) in [6, 6.07) is 24.6. The Balaban J connectivity index is 0.000000252. The average Bonchev–Trinajstić information content (AvgIpc) is 3.07. The van der Waals surface area contributed by atoms with Gasteiger partial charge in [-0.15, -0.1) is 28.8 Å². The second-order valence-electron chi connectivity index (χ2n) is 13.4. The van der Waals surface area contributed by atoms with Crippen LogP contribution >= 0.6 is 0 Å². The zero-order valence-corrected chi connectivity index (χ0v) is 32.3. The number of ketones is 1. The summed E-state index contributed by atoms with van der Waals surface area (Å²) in [4.78, 5) is 16.5. The first-order valence-corrected chi connectivity index (χ1v) is 20.1. The fourth-order valence-electron chi connectivity index (χ4n) is 7.40. The first-order valence-electron chi connectivity index (χ1n) is 17.1. The molecule has 0 atom stereocenters. The van der Waals surface area contributed by atoms with Gasteiger partial charge in [-0.25, -0.2) is 8.78 Å². The number of allylic oxidation sites excluding steroid dienone is 2. The number of carbonyl (C=O) groups is 1. The van der Waals surface area contributed by atoms with Crippen LogP contribution in [0.25, 0.3) is 54.3 Å². The van der Waals surface area contributed by atoms with Crippen LogP contribution in [-0.4, -0.2) is 23.9 Å². The van der Waals surface area contributed by atoms with Gasteiger partial charge >= 0.3 is 0 Å². The Morgan fingerprint density at radius 2 is 1.47 bits per heavy atom. The van der Waals surface area contributed by atoms with Crippen molar-refractivity contribution in [2.75, 3.05) is 0 Å². The molecule has 5 aromatic carbocycles. The van der Waals surface area contributed by atoms with Crippen LogP contribution in [-0.2, 0) is 24.9 Å². The Bertz CT molecular complexity index is 2240. The van der Waals surface area contributed by atoms with Gasteiger partial charge in [-0.1, -0.05) is 93.3 Å². The molecule has 0 bridgehead atoms. The fraction of sp³-hybridized carbons (Fsp3) is 0.286. The van der Waals surface area contributed by atoms with Gasteiger partial charge in [0.2, 0.25) is 0 Å². The molecule has 255 valence electrons. The van der Waals surface area contributed by atoms with E-state index in [2.05, 4.69) is 49.5 Å². The zero-order valence-electron chi connectivity index (χ0n) is 28.9. The summed E-state index contributed by atoms with van der Waals surface area (Å²) in [6.45, 7) is 12.8. The molecule has 1 aliphatic rings. The van der Waals surface area contributed by atoms with E-state index < -0.39 is 19.7 Å². The number of aliphatic hydroxyl groups excluding tert-OH is 1. The predicted molar refractivity (Wildman–Crippen MR) is 199 cm³/mol. The number of benzene rings is 5. The predicted octanol–water partition coefficient (Wildman–Crippen LogP) is 10.4. The van der Waals surface area contributed by atoms with Crippen LogP contribution in [0.4, 0.5) is 8.78 Å². The summed E-state index contributed by atoms with van der Waals surface area (Å²) in [5.74, 6) is -0.537. The molecule has 1 radical (unpaired) electrons. The average molecular weight is 851 g/mol. The van der Waals surface area contributed by atoms with Crippen LogP contribution in [0.2, 0.25) is 13.1 Å². The molecule has 3 nitrogen and oxygen atoms in total. The van der Waals surface area contributed by atoms with E-state index in [4.69, 9.17) is 4.98 Å². The normalized spacial score (nSPS) is 13.5. The van der Waals surface area contributed by atoms with Gasteiger partial charge in [0, 0.05) is 61.4 Å². The number of aliphatic hydroxyl groups is 1. The standard InChI is InChI=1S/C29H18F2NSi.C13H24O2.Ir/c1-33(2)26-12-17-6-4-3-5-16(17)11-24(26)29-28-21(9-10-32-29)19-7-8-20-22(23(19)15-27(28)33)13-18(30)14-25(20)31;1-5-10(6-2)12(14)9-13(15)11(7-3)8-4;/h3-10,12-15H,1-2H3;9-11,14H,5-8H2,1-4H3;/q-1;;/b;12-9-;. The molecular weight excluding hydrogens is 809 g/mol. The van der Waals surface area contributed by atoms with Crippen molar-refractivity contribution >= 4 is 67.3 Å². The molecule has 49 heavy (non-hydrogen) atoms. The molecule has 0 fully saturated rings. The molecule has 0 aliphatic carbocycles. The maximum atomic E-state index is 14.6. The molecule has 2 heterocycles. The molecule has 0 amide bonds. The second kappa shape index (κ2) is 14.6. The van der Waals surface area contributed by atoms with E-state index in [0.29, 0.717) is 10.8 Å². The van der Waals surface area contributed by atoms with Gasteiger partial charge in [0.15, 0.2) is 5.78 Å². The van der Waals surface area contributed by atoms with Gasteiger partial charge in [-0.2, -0.15) is 0 Å². The molecule has 1 aromatic heterocycles.